The maximum atomic E-state index is 11.8. The van der Waals surface area contributed by atoms with Crippen LogP contribution in [0.25, 0.3) is 11.0 Å². The molecule has 1 heterocycles. The van der Waals surface area contributed by atoms with E-state index in [-0.39, 0.29) is 11.0 Å². The summed E-state index contributed by atoms with van der Waals surface area (Å²) in [6.07, 6.45) is 0.964. The molecule has 0 spiro atoms. The van der Waals surface area contributed by atoms with Gasteiger partial charge in [-0.15, -0.1) is 0 Å². The summed E-state index contributed by atoms with van der Waals surface area (Å²) in [4.78, 5) is 8.10. The second-order valence-electron chi connectivity index (χ2n) is 4.40. The number of rotatable bonds is 5. The lowest BCUT2D eigenvalue weighted by Crippen LogP contribution is -2.23. The van der Waals surface area contributed by atoms with Gasteiger partial charge >= 0.3 is 0 Å². The molecule has 0 saturated carbocycles. The lowest BCUT2D eigenvalue weighted by Gasteiger charge is -2.08. The van der Waals surface area contributed by atoms with Crippen molar-refractivity contribution in [1.82, 2.24) is 9.97 Å². The minimum absolute atomic E-state index is 0.100. The Morgan fingerprint density at radius 2 is 1.62 bits per heavy atom. The average Bonchev–Trinajstić information content (AvgIpc) is 2.36. The largest absolute Gasteiger partial charge is 0.265 e. The smallest absolute Gasteiger partial charge is 0.234 e. The highest BCUT2D eigenvalue weighted by Crippen LogP contribution is 2.21. The Hall–Kier alpha value is -1.45. The van der Waals surface area contributed by atoms with Crippen LogP contribution >= 0.6 is 11.6 Å². The van der Waals surface area contributed by atoms with Crippen LogP contribution in [0, 0.1) is 0 Å². The molecule has 0 aliphatic rings. The van der Waals surface area contributed by atoms with Crippen molar-refractivity contribution >= 4 is 48.3 Å². The normalized spacial score (nSPS) is 12.5. The van der Waals surface area contributed by atoms with Crippen LogP contribution in [0.3, 0.4) is 0 Å². The molecule has 1 N–H and O–H groups in total. The zero-order chi connectivity index (χ0) is 15.7. The number of nitrogens with zero attached hydrogens (tertiary/aromatic N) is 2. The third kappa shape index (κ3) is 4.51. The molecule has 0 radical (unpaired) electrons. The molecule has 114 valence electrons. The maximum absolute atomic E-state index is 11.8. The number of nitrogens with one attached hydrogen (secondary N) is 1. The summed E-state index contributed by atoms with van der Waals surface area (Å²) in [7, 11) is -7.26. The number of aromatic nitrogens is 2. The molecule has 1 aromatic heterocycles. The third-order valence-corrected chi connectivity index (χ3v) is 5.22. The van der Waals surface area contributed by atoms with Gasteiger partial charge < -0.3 is 0 Å². The molecule has 0 amide bonds. The van der Waals surface area contributed by atoms with Crippen LogP contribution in [-0.2, 0) is 19.9 Å². The van der Waals surface area contributed by atoms with Crippen molar-refractivity contribution < 1.29 is 16.8 Å². The number of hydrogen-bond donors (Lipinski definition) is 1. The summed E-state index contributed by atoms with van der Waals surface area (Å²) in [5.74, 6) is -1.18. The van der Waals surface area contributed by atoms with Crippen LogP contribution in [-0.4, -0.2) is 44.6 Å². The number of sulfone groups is 1. The average molecular weight is 350 g/mol. The van der Waals surface area contributed by atoms with E-state index >= 15 is 0 Å². The molecule has 0 aliphatic heterocycles. The van der Waals surface area contributed by atoms with Gasteiger partial charge in [0.1, 0.15) is 9.84 Å². The first-order valence-corrected chi connectivity index (χ1v) is 9.86. The van der Waals surface area contributed by atoms with Gasteiger partial charge in [-0.25, -0.2) is 26.8 Å². The van der Waals surface area contributed by atoms with E-state index in [4.69, 9.17) is 11.6 Å². The van der Waals surface area contributed by atoms with E-state index in [9.17, 15) is 16.8 Å². The van der Waals surface area contributed by atoms with Gasteiger partial charge in [0.15, 0.2) is 11.0 Å². The molecule has 0 fully saturated rings. The Labute approximate surface area is 127 Å². The Bertz CT molecular complexity index is 881. The lowest BCUT2D eigenvalue weighted by atomic mass is 10.3. The third-order valence-electron chi connectivity index (χ3n) is 2.50. The van der Waals surface area contributed by atoms with Gasteiger partial charge in [0.05, 0.1) is 22.5 Å². The molecule has 7 nitrogen and oxygen atoms in total. The van der Waals surface area contributed by atoms with Crippen LogP contribution < -0.4 is 4.72 Å². The standard InChI is InChI=1S/C11H12ClN3O4S2/c1-20(16,17)6-7-21(18,19)15-11-10(12)13-8-4-2-3-5-9(8)14-11/h2-5H,6-7H2,1H3,(H,14,15). The number of hydrogen-bond acceptors (Lipinski definition) is 6. The zero-order valence-electron chi connectivity index (χ0n) is 10.9. The van der Waals surface area contributed by atoms with Crippen LogP contribution in [0.15, 0.2) is 24.3 Å². The van der Waals surface area contributed by atoms with Crippen LogP contribution in [0.2, 0.25) is 5.15 Å². The fourth-order valence-electron chi connectivity index (χ4n) is 1.50. The number of halogens is 1. The van der Waals surface area contributed by atoms with E-state index in [1.54, 1.807) is 24.3 Å². The van der Waals surface area contributed by atoms with E-state index in [2.05, 4.69) is 14.7 Å². The summed E-state index contributed by atoms with van der Waals surface area (Å²) in [6, 6.07) is 6.83. The van der Waals surface area contributed by atoms with Gasteiger partial charge in [0, 0.05) is 6.26 Å². The molecule has 2 aromatic rings. The minimum Gasteiger partial charge on any atom is -0.265 e. The first-order chi connectivity index (χ1) is 9.66. The molecule has 2 rings (SSSR count). The number of fused-ring (bicyclic) bond motifs is 1. The Morgan fingerprint density at radius 3 is 2.19 bits per heavy atom. The molecule has 21 heavy (non-hydrogen) atoms. The van der Waals surface area contributed by atoms with Crippen molar-refractivity contribution in [2.75, 3.05) is 22.5 Å². The van der Waals surface area contributed by atoms with Gasteiger partial charge in [-0.2, -0.15) is 0 Å². The summed E-state index contributed by atoms with van der Waals surface area (Å²) in [5, 5.41) is -0.100. The molecular formula is C11H12ClN3O4S2. The van der Waals surface area contributed by atoms with Crippen molar-refractivity contribution in [3.05, 3.63) is 29.4 Å². The minimum atomic E-state index is -3.88. The van der Waals surface area contributed by atoms with Crippen LogP contribution in [0.4, 0.5) is 5.82 Å². The molecule has 0 saturated heterocycles. The van der Waals surface area contributed by atoms with Crippen LogP contribution in [0.1, 0.15) is 0 Å². The molecular weight excluding hydrogens is 338 g/mol. The highest BCUT2D eigenvalue weighted by molar-refractivity contribution is 7.95. The highest BCUT2D eigenvalue weighted by Gasteiger charge is 2.17. The Morgan fingerprint density at radius 1 is 1.05 bits per heavy atom. The number of benzene rings is 1. The SMILES string of the molecule is CS(=O)(=O)CCS(=O)(=O)Nc1nc2ccccc2nc1Cl. The molecule has 10 heteroatoms. The summed E-state index contributed by atoms with van der Waals surface area (Å²) in [6.45, 7) is 0. The van der Waals surface area contributed by atoms with E-state index < -0.39 is 31.4 Å². The maximum Gasteiger partial charge on any atom is 0.234 e. The van der Waals surface area contributed by atoms with E-state index in [1.165, 1.54) is 0 Å². The fourth-order valence-corrected chi connectivity index (χ4v) is 4.37. The van der Waals surface area contributed by atoms with Crippen molar-refractivity contribution in [3.8, 4) is 0 Å². The molecule has 0 unspecified atom stereocenters. The highest BCUT2D eigenvalue weighted by atomic mass is 35.5. The van der Waals surface area contributed by atoms with Crippen molar-refractivity contribution in [2.24, 2.45) is 0 Å². The van der Waals surface area contributed by atoms with Gasteiger partial charge in [0.25, 0.3) is 0 Å². The van der Waals surface area contributed by atoms with Crippen molar-refractivity contribution in [2.45, 2.75) is 0 Å². The quantitative estimate of drug-likeness (QED) is 0.865. The summed E-state index contributed by atoms with van der Waals surface area (Å²) >= 11 is 5.88. The molecule has 0 aliphatic carbocycles. The second-order valence-corrected chi connectivity index (χ2v) is 8.86. The van der Waals surface area contributed by atoms with E-state index in [1.807, 2.05) is 0 Å². The van der Waals surface area contributed by atoms with Crippen molar-refractivity contribution in [3.63, 3.8) is 0 Å². The van der Waals surface area contributed by atoms with Crippen LogP contribution in [0.5, 0.6) is 0 Å². The predicted octanol–water partition coefficient (Wildman–Crippen LogP) is 1.07. The zero-order valence-corrected chi connectivity index (χ0v) is 13.3. The number of para-hydroxylation sites is 2. The Kier molecular flexibility index (Phi) is 4.35. The fraction of sp³-hybridized carbons (Fsp3) is 0.273. The molecule has 0 atom stereocenters. The number of anilines is 1. The lowest BCUT2D eigenvalue weighted by molar-refractivity contribution is 0.593. The summed E-state index contributed by atoms with van der Waals surface area (Å²) < 4.78 is 47.9. The second kappa shape index (κ2) is 5.74. The molecule has 1 aromatic carbocycles. The van der Waals surface area contributed by atoms with Crippen molar-refractivity contribution in [1.29, 1.82) is 0 Å². The van der Waals surface area contributed by atoms with Gasteiger partial charge in [-0.1, -0.05) is 23.7 Å². The predicted molar refractivity (Wildman–Crippen MR) is 81.7 cm³/mol. The summed E-state index contributed by atoms with van der Waals surface area (Å²) in [5.41, 5.74) is 1.00. The number of sulfonamides is 1. The van der Waals surface area contributed by atoms with E-state index in [0.29, 0.717) is 11.0 Å². The van der Waals surface area contributed by atoms with Gasteiger partial charge in [-0.05, 0) is 12.1 Å². The van der Waals surface area contributed by atoms with E-state index in [0.717, 1.165) is 6.26 Å². The first-order valence-electron chi connectivity index (χ1n) is 5.77. The van der Waals surface area contributed by atoms with Gasteiger partial charge in [-0.3, -0.25) is 4.72 Å². The monoisotopic (exact) mass is 349 g/mol. The molecule has 0 bridgehead atoms. The Balaban J connectivity index is 2.28. The first kappa shape index (κ1) is 15.9. The topological polar surface area (TPSA) is 106 Å². The van der Waals surface area contributed by atoms with Gasteiger partial charge in [0.2, 0.25) is 10.0 Å².